The van der Waals surface area contributed by atoms with E-state index in [1.807, 2.05) is 31.2 Å². The number of benzene rings is 1. The van der Waals surface area contributed by atoms with Gasteiger partial charge in [-0.15, -0.1) is 0 Å². The third-order valence-electron chi connectivity index (χ3n) is 2.82. The lowest BCUT2D eigenvalue weighted by Crippen LogP contribution is -2.25. The highest BCUT2D eigenvalue weighted by Crippen LogP contribution is 2.12. The van der Waals surface area contributed by atoms with Crippen LogP contribution in [0.5, 0.6) is 0 Å². The summed E-state index contributed by atoms with van der Waals surface area (Å²) in [5.41, 5.74) is 0.753. The van der Waals surface area contributed by atoms with Crippen molar-refractivity contribution in [3.8, 4) is 5.69 Å². The molecule has 2 rings (SSSR count). The molecule has 1 aromatic carbocycles. The van der Waals surface area contributed by atoms with Gasteiger partial charge in [0.15, 0.2) is 0 Å². The summed E-state index contributed by atoms with van der Waals surface area (Å²) in [6.45, 7) is 1.86. The van der Waals surface area contributed by atoms with Crippen LogP contribution in [0, 0.1) is 3.57 Å². The number of carbonyl (C=O) groups excluding carboxylic acids is 1. The summed E-state index contributed by atoms with van der Waals surface area (Å²) in [4.78, 5) is 23.7. The van der Waals surface area contributed by atoms with Gasteiger partial charge in [-0.1, -0.05) is 13.0 Å². The van der Waals surface area contributed by atoms with E-state index >= 15 is 0 Å². The van der Waals surface area contributed by atoms with Gasteiger partial charge in [-0.25, -0.2) is 9.48 Å². The van der Waals surface area contributed by atoms with Crippen molar-refractivity contribution in [3.63, 3.8) is 0 Å². The van der Waals surface area contributed by atoms with Gasteiger partial charge in [0, 0.05) is 15.3 Å². The molecule has 0 N–H and O–H groups in total. The monoisotopic (exact) mass is 384 g/mol. The Morgan fingerprint density at radius 3 is 2.80 bits per heavy atom. The van der Waals surface area contributed by atoms with E-state index in [1.54, 1.807) is 6.20 Å². The van der Waals surface area contributed by atoms with Crippen LogP contribution in [0.3, 0.4) is 0 Å². The van der Waals surface area contributed by atoms with Gasteiger partial charge in [0.05, 0.1) is 12.8 Å². The Morgan fingerprint density at radius 1 is 1.45 bits per heavy atom. The van der Waals surface area contributed by atoms with E-state index in [-0.39, 0.29) is 11.1 Å². The highest BCUT2D eigenvalue weighted by atomic mass is 127. The van der Waals surface area contributed by atoms with Gasteiger partial charge in [0.1, 0.15) is 0 Å². The minimum atomic E-state index is -0.718. The maximum atomic E-state index is 12.1. The molecule has 0 saturated carbocycles. The molecular weight excluding hydrogens is 371 g/mol. The van der Waals surface area contributed by atoms with E-state index in [0.717, 1.165) is 9.26 Å². The molecule has 0 atom stereocenters. The van der Waals surface area contributed by atoms with Crippen LogP contribution in [0.15, 0.2) is 35.3 Å². The third kappa shape index (κ3) is 2.90. The van der Waals surface area contributed by atoms with Gasteiger partial charge in [0.2, 0.25) is 11.1 Å². The van der Waals surface area contributed by atoms with Crippen molar-refractivity contribution in [3.05, 3.63) is 55.5 Å². The molecular formula is C14H13IN2O3. The van der Waals surface area contributed by atoms with E-state index in [4.69, 9.17) is 0 Å². The average molecular weight is 384 g/mol. The summed E-state index contributed by atoms with van der Waals surface area (Å²) in [5.74, 6) is -0.718. The van der Waals surface area contributed by atoms with Crippen LogP contribution >= 0.6 is 22.6 Å². The van der Waals surface area contributed by atoms with Gasteiger partial charge >= 0.3 is 5.97 Å². The Hall–Kier alpha value is -1.70. The summed E-state index contributed by atoms with van der Waals surface area (Å²) in [6.07, 6.45) is 2.18. The van der Waals surface area contributed by atoms with Crippen molar-refractivity contribution < 1.29 is 9.53 Å². The molecule has 0 unspecified atom stereocenters. The summed E-state index contributed by atoms with van der Waals surface area (Å²) in [7, 11) is 1.23. The molecule has 0 fully saturated rings. The maximum Gasteiger partial charge on any atom is 0.362 e. The van der Waals surface area contributed by atoms with Crippen LogP contribution in [0.4, 0.5) is 0 Å². The Kier molecular flexibility index (Phi) is 4.53. The SMILES string of the molecule is CCc1cn(-c2cccc(I)c2)nc(C(=O)OC)c1=O. The smallest absolute Gasteiger partial charge is 0.362 e. The zero-order valence-electron chi connectivity index (χ0n) is 11.1. The zero-order valence-corrected chi connectivity index (χ0v) is 13.2. The summed E-state index contributed by atoms with van der Waals surface area (Å²) < 4.78 is 7.19. The first-order valence-electron chi connectivity index (χ1n) is 6.04. The molecule has 0 radical (unpaired) electrons. The molecule has 0 aliphatic heterocycles. The predicted molar refractivity (Wildman–Crippen MR) is 83.3 cm³/mol. The second-order valence-electron chi connectivity index (χ2n) is 4.10. The first-order chi connectivity index (χ1) is 9.56. The minimum Gasteiger partial charge on any atom is -0.464 e. The van der Waals surface area contributed by atoms with Gasteiger partial charge < -0.3 is 4.74 Å². The molecule has 1 aromatic heterocycles. The van der Waals surface area contributed by atoms with Gasteiger partial charge in [0.25, 0.3) is 0 Å². The van der Waals surface area contributed by atoms with Crippen molar-refractivity contribution in [2.45, 2.75) is 13.3 Å². The standard InChI is InChI=1S/C14H13IN2O3/c1-3-9-8-17(11-6-4-5-10(15)7-11)16-12(13(9)18)14(19)20-2/h4-8H,3H2,1-2H3. The highest BCUT2D eigenvalue weighted by molar-refractivity contribution is 14.1. The Bertz CT molecular complexity index is 710. The first-order valence-corrected chi connectivity index (χ1v) is 7.11. The lowest BCUT2D eigenvalue weighted by molar-refractivity contribution is 0.0590. The summed E-state index contributed by atoms with van der Waals surface area (Å²) >= 11 is 2.19. The molecule has 2 aromatic rings. The second kappa shape index (κ2) is 6.17. The molecule has 0 aliphatic carbocycles. The molecule has 0 amide bonds. The number of esters is 1. The van der Waals surface area contributed by atoms with Crippen LogP contribution in [0.2, 0.25) is 0 Å². The van der Waals surface area contributed by atoms with E-state index in [9.17, 15) is 9.59 Å². The number of hydrogen-bond acceptors (Lipinski definition) is 4. The fraction of sp³-hybridized carbons (Fsp3) is 0.214. The zero-order chi connectivity index (χ0) is 14.7. The first kappa shape index (κ1) is 14.7. The van der Waals surface area contributed by atoms with E-state index < -0.39 is 5.97 Å². The molecule has 5 nitrogen and oxygen atoms in total. The third-order valence-corrected chi connectivity index (χ3v) is 3.50. The fourth-order valence-electron chi connectivity index (χ4n) is 1.77. The van der Waals surface area contributed by atoms with Crippen molar-refractivity contribution in [1.82, 2.24) is 9.78 Å². The van der Waals surface area contributed by atoms with Gasteiger partial charge in [-0.3, -0.25) is 4.79 Å². The van der Waals surface area contributed by atoms with Crippen LogP contribution in [-0.2, 0) is 11.2 Å². The number of carbonyl (C=O) groups is 1. The Balaban J connectivity index is 2.66. The van der Waals surface area contributed by atoms with Crippen LogP contribution < -0.4 is 5.43 Å². The molecule has 20 heavy (non-hydrogen) atoms. The largest absolute Gasteiger partial charge is 0.464 e. The number of hydrogen-bond donors (Lipinski definition) is 0. The topological polar surface area (TPSA) is 61.2 Å². The Labute approximate surface area is 129 Å². The highest BCUT2D eigenvalue weighted by Gasteiger charge is 2.17. The number of aryl methyl sites for hydroxylation is 1. The number of halogens is 1. The summed E-state index contributed by atoms with van der Waals surface area (Å²) in [6, 6.07) is 7.62. The summed E-state index contributed by atoms with van der Waals surface area (Å²) in [5, 5.41) is 4.09. The van der Waals surface area contributed by atoms with E-state index in [2.05, 4.69) is 32.4 Å². The van der Waals surface area contributed by atoms with Crippen molar-refractivity contribution in [1.29, 1.82) is 0 Å². The normalized spacial score (nSPS) is 10.3. The quantitative estimate of drug-likeness (QED) is 0.602. The average Bonchev–Trinajstić information content (AvgIpc) is 2.46. The van der Waals surface area contributed by atoms with Crippen molar-refractivity contribution in [2.75, 3.05) is 7.11 Å². The Morgan fingerprint density at radius 2 is 2.20 bits per heavy atom. The van der Waals surface area contributed by atoms with E-state index in [0.29, 0.717) is 12.0 Å². The second-order valence-corrected chi connectivity index (χ2v) is 5.35. The fourth-order valence-corrected chi connectivity index (χ4v) is 2.30. The molecule has 0 saturated heterocycles. The molecule has 6 heteroatoms. The number of ether oxygens (including phenoxy) is 1. The lowest BCUT2D eigenvalue weighted by Gasteiger charge is -2.09. The van der Waals surface area contributed by atoms with Crippen LogP contribution in [-0.4, -0.2) is 22.9 Å². The predicted octanol–water partition coefficient (Wildman–Crippen LogP) is 2.19. The molecule has 0 aliphatic rings. The van der Waals surface area contributed by atoms with Crippen molar-refractivity contribution in [2.24, 2.45) is 0 Å². The lowest BCUT2D eigenvalue weighted by atomic mass is 10.2. The number of nitrogens with zero attached hydrogens (tertiary/aromatic N) is 2. The van der Waals surface area contributed by atoms with Crippen molar-refractivity contribution >= 4 is 28.6 Å². The molecule has 0 spiro atoms. The number of methoxy groups -OCH3 is 1. The minimum absolute atomic E-state index is 0.189. The molecule has 0 bridgehead atoms. The van der Waals surface area contributed by atoms with Gasteiger partial charge in [-0.05, 0) is 47.2 Å². The van der Waals surface area contributed by atoms with Crippen LogP contribution in [0.1, 0.15) is 23.0 Å². The number of rotatable bonds is 3. The maximum absolute atomic E-state index is 12.1. The van der Waals surface area contributed by atoms with Crippen LogP contribution in [0.25, 0.3) is 5.69 Å². The molecule has 1 heterocycles. The molecule has 104 valence electrons. The van der Waals surface area contributed by atoms with Gasteiger partial charge in [-0.2, -0.15) is 5.10 Å². The number of aromatic nitrogens is 2. The van der Waals surface area contributed by atoms with E-state index in [1.165, 1.54) is 11.8 Å².